The van der Waals surface area contributed by atoms with Crippen molar-refractivity contribution in [1.29, 1.82) is 5.26 Å². The van der Waals surface area contributed by atoms with Gasteiger partial charge < -0.3 is 15.2 Å². The van der Waals surface area contributed by atoms with Crippen LogP contribution < -0.4 is 10.6 Å². The number of hydrogen-bond acceptors (Lipinski definition) is 3. The summed E-state index contributed by atoms with van der Waals surface area (Å²) >= 11 is 0. The number of hydrogen-bond donors (Lipinski definition) is 1. The molecule has 16 heavy (non-hydrogen) atoms. The van der Waals surface area contributed by atoms with Gasteiger partial charge in [0, 0.05) is 20.6 Å². The lowest BCUT2D eigenvalue weighted by Gasteiger charge is -2.17. The zero-order valence-corrected chi connectivity index (χ0v) is 10.3. The van der Waals surface area contributed by atoms with Crippen LogP contribution in [-0.4, -0.2) is 18.7 Å². The lowest BCUT2D eigenvalue weighted by atomic mass is 10.2. The molecule has 0 radical (unpaired) electrons. The monoisotopic (exact) mass is 220 g/mol. The van der Waals surface area contributed by atoms with Crippen LogP contribution >= 0.6 is 0 Å². The van der Waals surface area contributed by atoms with Crippen molar-refractivity contribution in [2.45, 2.75) is 32.7 Å². The normalized spacial score (nSPS) is 10.1. The Hall–Kier alpha value is -1.63. The van der Waals surface area contributed by atoms with Crippen molar-refractivity contribution in [1.82, 2.24) is 4.57 Å². The minimum Gasteiger partial charge on any atom is -0.396 e. The van der Waals surface area contributed by atoms with E-state index in [0.29, 0.717) is 11.4 Å². The maximum atomic E-state index is 9.05. The van der Waals surface area contributed by atoms with Gasteiger partial charge in [-0.25, -0.2) is 0 Å². The third-order valence-corrected chi connectivity index (χ3v) is 2.62. The fourth-order valence-corrected chi connectivity index (χ4v) is 1.90. The van der Waals surface area contributed by atoms with Gasteiger partial charge in [0.2, 0.25) is 0 Å². The number of nitrogens with two attached hydrogens (primary N) is 1. The van der Waals surface area contributed by atoms with E-state index in [0.717, 1.165) is 18.8 Å². The fraction of sp³-hybridized carbons (Fsp3) is 0.583. The van der Waals surface area contributed by atoms with E-state index >= 15 is 0 Å². The third-order valence-electron chi connectivity index (χ3n) is 2.62. The van der Waals surface area contributed by atoms with Crippen molar-refractivity contribution < 1.29 is 0 Å². The summed E-state index contributed by atoms with van der Waals surface area (Å²) in [6.45, 7) is 3.03. The van der Waals surface area contributed by atoms with Crippen LogP contribution in [0.1, 0.15) is 31.9 Å². The number of aromatic nitrogens is 1. The molecule has 0 amide bonds. The van der Waals surface area contributed by atoms with Crippen molar-refractivity contribution in [2.75, 3.05) is 24.7 Å². The molecule has 0 unspecified atom stereocenters. The van der Waals surface area contributed by atoms with Gasteiger partial charge in [-0.15, -0.1) is 0 Å². The molecule has 0 aliphatic heterocycles. The van der Waals surface area contributed by atoms with Crippen LogP contribution in [0.4, 0.5) is 11.5 Å². The summed E-state index contributed by atoms with van der Waals surface area (Å²) in [6, 6.07) is 3.95. The topological polar surface area (TPSA) is 58.0 Å². The Morgan fingerprint density at radius 1 is 1.44 bits per heavy atom. The summed E-state index contributed by atoms with van der Waals surface area (Å²) in [5.41, 5.74) is 7.24. The van der Waals surface area contributed by atoms with Gasteiger partial charge >= 0.3 is 0 Å². The number of rotatable bonds is 5. The van der Waals surface area contributed by atoms with Gasteiger partial charge in [-0.2, -0.15) is 5.26 Å². The van der Waals surface area contributed by atoms with Gasteiger partial charge in [0.25, 0.3) is 0 Å². The standard InChI is InChI=1S/C12H20N4/c1-4-5-6-7-16-10(9-13)8-11(14)12(16)15(2)3/h8H,4-7,14H2,1-3H3. The van der Waals surface area contributed by atoms with Crippen LogP contribution in [0.2, 0.25) is 0 Å². The first kappa shape index (κ1) is 12.4. The maximum absolute atomic E-state index is 9.05. The number of anilines is 2. The Bertz CT molecular complexity index is 384. The lowest BCUT2D eigenvalue weighted by molar-refractivity contribution is 0.599. The second kappa shape index (κ2) is 5.45. The highest BCUT2D eigenvalue weighted by Crippen LogP contribution is 2.26. The smallest absolute Gasteiger partial charge is 0.132 e. The fourth-order valence-electron chi connectivity index (χ4n) is 1.90. The van der Waals surface area contributed by atoms with Gasteiger partial charge in [0.05, 0.1) is 5.69 Å². The molecule has 4 nitrogen and oxygen atoms in total. The van der Waals surface area contributed by atoms with Crippen LogP contribution in [0, 0.1) is 11.3 Å². The summed E-state index contributed by atoms with van der Waals surface area (Å²) < 4.78 is 2.00. The first-order valence-corrected chi connectivity index (χ1v) is 5.68. The maximum Gasteiger partial charge on any atom is 0.132 e. The largest absolute Gasteiger partial charge is 0.396 e. The molecule has 0 fully saturated rings. The summed E-state index contributed by atoms with van der Waals surface area (Å²) in [5.74, 6) is 0.938. The summed E-state index contributed by atoms with van der Waals surface area (Å²) in [6.07, 6.45) is 3.44. The third kappa shape index (κ3) is 2.48. The average Bonchev–Trinajstić information content (AvgIpc) is 2.55. The Labute approximate surface area is 97.3 Å². The molecular weight excluding hydrogens is 200 g/mol. The summed E-state index contributed by atoms with van der Waals surface area (Å²) in [5, 5.41) is 9.05. The second-order valence-corrected chi connectivity index (χ2v) is 4.17. The predicted molar refractivity (Wildman–Crippen MR) is 67.4 cm³/mol. The van der Waals surface area contributed by atoms with E-state index in [2.05, 4.69) is 13.0 Å². The summed E-state index contributed by atoms with van der Waals surface area (Å²) in [7, 11) is 3.90. The molecule has 0 spiro atoms. The lowest BCUT2D eigenvalue weighted by Crippen LogP contribution is -2.16. The van der Waals surface area contributed by atoms with E-state index in [1.54, 1.807) is 6.07 Å². The average molecular weight is 220 g/mol. The van der Waals surface area contributed by atoms with Crippen molar-refractivity contribution in [3.05, 3.63) is 11.8 Å². The first-order chi connectivity index (χ1) is 7.61. The second-order valence-electron chi connectivity index (χ2n) is 4.17. The van der Waals surface area contributed by atoms with E-state index < -0.39 is 0 Å². The van der Waals surface area contributed by atoms with Gasteiger partial charge in [-0.05, 0) is 12.5 Å². The van der Waals surface area contributed by atoms with Crippen molar-refractivity contribution in [2.24, 2.45) is 0 Å². The van der Waals surface area contributed by atoms with Crippen molar-refractivity contribution in [3.8, 4) is 6.07 Å². The minimum absolute atomic E-state index is 0.650. The van der Waals surface area contributed by atoms with Crippen LogP contribution in [0.15, 0.2) is 6.07 Å². The molecule has 1 heterocycles. The molecule has 0 atom stereocenters. The molecule has 0 aromatic carbocycles. The molecule has 2 N–H and O–H groups in total. The number of nitrogens with zero attached hydrogens (tertiary/aromatic N) is 3. The predicted octanol–water partition coefficient (Wildman–Crippen LogP) is 2.20. The molecule has 0 aliphatic rings. The molecule has 1 aromatic rings. The summed E-state index contributed by atoms with van der Waals surface area (Å²) in [4.78, 5) is 1.96. The molecule has 0 saturated heterocycles. The SMILES string of the molecule is CCCCCn1c(C#N)cc(N)c1N(C)C. The highest BCUT2D eigenvalue weighted by atomic mass is 15.2. The van der Waals surface area contributed by atoms with Crippen LogP contribution in [0.3, 0.4) is 0 Å². The zero-order chi connectivity index (χ0) is 12.1. The number of nitrogen functional groups attached to an aromatic ring is 1. The first-order valence-electron chi connectivity index (χ1n) is 5.68. The van der Waals surface area contributed by atoms with Gasteiger partial charge in [-0.1, -0.05) is 19.8 Å². The van der Waals surface area contributed by atoms with Crippen molar-refractivity contribution >= 4 is 11.5 Å². The van der Waals surface area contributed by atoms with Gasteiger partial charge in [0.1, 0.15) is 17.6 Å². The van der Waals surface area contributed by atoms with E-state index in [1.807, 2.05) is 23.6 Å². The molecule has 0 aliphatic carbocycles. The Balaban J connectivity index is 2.98. The van der Waals surface area contributed by atoms with Crippen LogP contribution in [0.5, 0.6) is 0 Å². The molecular formula is C12H20N4. The highest BCUT2D eigenvalue weighted by molar-refractivity contribution is 5.67. The van der Waals surface area contributed by atoms with Crippen LogP contribution in [-0.2, 0) is 6.54 Å². The van der Waals surface area contributed by atoms with Crippen molar-refractivity contribution in [3.63, 3.8) is 0 Å². The van der Waals surface area contributed by atoms with Gasteiger partial charge in [-0.3, -0.25) is 0 Å². The van der Waals surface area contributed by atoms with Gasteiger partial charge in [0.15, 0.2) is 0 Å². The van der Waals surface area contributed by atoms with E-state index in [-0.39, 0.29) is 0 Å². The van der Waals surface area contributed by atoms with E-state index in [9.17, 15) is 0 Å². The molecule has 88 valence electrons. The molecule has 0 bridgehead atoms. The van der Waals surface area contributed by atoms with E-state index in [1.165, 1.54) is 12.8 Å². The Morgan fingerprint density at radius 3 is 2.62 bits per heavy atom. The molecule has 1 aromatic heterocycles. The number of nitriles is 1. The molecule has 4 heteroatoms. The Kier molecular flexibility index (Phi) is 4.24. The number of unbranched alkanes of at least 4 members (excludes halogenated alkanes) is 2. The van der Waals surface area contributed by atoms with E-state index in [4.69, 9.17) is 11.0 Å². The quantitative estimate of drug-likeness (QED) is 0.774. The Morgan fingerprint density at radius 2 is 2.12 bits per heavy atom. The highest BCUT2D eigenvalue weighted by Gasteiger charge is 2.13. The zero-order valence-electron chi connectivity index (χ0n) is 10.3. The molecule has 1 rings (SSSR count). The molecule has 0 saturated carbocycles. The van der Waals surface area contributed by atoms with Crippen LogP contribution in [0.25, 0.3) is 0 Å². The minimum atomic E-state index is 0.650.